The first kappa shape index (κ1) is 16.0. The van der Waals surface area contributed by atoms with Crippen LogP contribution in [0, 0.1) is 0 Å². The molecule has 0 saturated heterocycles. The maximum absolute atomic E-state index is 11.6. The van der Waals surface area contributed by atoms with Crippen molar-refractivity contribution in [1.82, 2.24) is 0 Å². The van der Waals surface area contributed by atoms with Crippen molar-refractivity contribution in [3.63, 3.8) is 0 Å². The van der Waals surface area contributed by atoms with E-state index in [4.69, 9.17) is 4.84 Å². The summed E-state index contributed by atoms with van der Waals surface area (Å²) in [7, 11) is 0. The average Bonchev–Trinajstić information content (AvgIpc) is 3.15. The summed E-state index contributed by atoms with van der Waals surface area (Å²) in [6.45, 7) is 0. The van der Waals surface area contributed by atoms with Crippen LogP contribution < -0.4 is 5.32 Å². The number of nitrogens with zero attached hydrogens (tertiary/aromatic N) is 1. The summed E-state index contributed by atoms with van der Waals surface area (Å²) >= 11 is 1.71. The highest BCUT2D eigenvalue weighted by atomic mass is 32.1. The Bertz CT molecular complexity index is 814. The first-order chi connectivity index (χ1) is 11.8. The van der Waals surface area contributed by atoms with E-state index < -0.39 is 6.09 Å². The van der Waals surface area contributed by atoms with Gasteiger partial charge >= 0.3 is 6.09 Å². The van der Waals surface area contributed by atoms with Gasteiger partial charge in [0.05, 0.1) is 0 Å². The Balaban J connectivity index is 1.51. The van der Waals surface area contributed by atoms with Crippen molar-refractivity contribution in [1.29, 1.82) is 0 Å². The zero-order valence-corrected chi connectivity index (χ0v) is 13.7. The van der Waals surface area contributed by atoms with Crippen molar-refractivity contribution in [2.24, 2.45) is 5.16 Å². The minimum atomic E-state index is -0.607. The van der Waals surface area contributed by atoms with E-state index in [2.05, 4.69) is 34.1 Å². The number of benzene rings is 2. The van der Waals surface area contributed by atoms with Crippen LogP contribution in [-0.2, 0) is 11.3 Å². The van der Waals surface area contributed by atoms with Gasteiger partial charge in [0.2, 0.25) is 0 Å². The van der Waals surface area contributed by atoms with Gasteiger partial charge in [-0.25, -0.2) is 4.79 Å². The van der Waals surface area contributed by atoms with Crippen molar-refractivity contribution < 1.29 is 9.63 Å². The Morgan fingerprint density at radius 2 is 1.96 bits per heavy atom. The van der Waals surface area contributed by atoms with E-state index in [0.717, 1.165) is 5.56 Å². The summed E-state index contributed by atoms with van der Waals surface area (Å²) in [4.78, 5) is 17.6. The molecule has 3 aromatic rings. The quantitative estimate of drug-likeness (QED) is 0.396. The first-order valence-corrected chi connectivity index (χ1v) is 8.37. The highest BCUT2D eigenvalue weighted by Gasteiger charge is 2.02. The van der Waals surface area contributed by atoms with Gasteiger partial charge in [-0.05, 0) is 40.8 Å². The summed E-state index contributed by atoms with van der Waals surface area (Å²) in [5.74, 6) is 0. The van der Waals surface area contributed by atoms with E-state index in [1.54, 1.807) is 29.7 Å². The fraction of sp³-hybridized carbons (Fsp3) is 0.0526. The number of rotatable bonds is 5. The number of hydrogen-bond donors (Lipinski definition) is 1. The number of carbonyl (C=O) groups excluding carboxylic acids is 1. The van der Waals surface area contributed by atoms with Gasteiger partial charge < -0.3 is 0 Å². The number of thiophene rings is 1. The number of anilines is 1. The second-order valence-electron chi connectivity index (χ2n) is 5.04. The second kappa shape index (κ2) is 8.08. The fourth-order valence-electron chi connectivity index (χ4n) is 2.18. The van der Waals surface area contributed by atoms with Gasteiger partial charge in [0.25, 0.3) is 0 Å². The zero-order chi connectivity index (χ0) is 16.6. The number of amides is 1. The van der Waals surface area contributed by atoms with Gasteiger partial charge in [-0.3, -0.25) is 10.2 Å². The van der Waals surface area contributed by atoms with Gasteiger partial charge in [0.15, 0.2) is 0 Å². The molecule has 0 atom stereocenters. The molecule has 1 aromatic heterocycles. The van der Waals surface area contributed by atoms with Gasteiger partial charge in [0.1, 0.15) is 0 Å². The molecule has 0 unspecified atom stereocenters. The van der Waals surface area contributed by atoms with E-state index in [1.165, 1.54) is 10.4 Å². The lowest BCUT2D eigenvalue weighted by Gasteiger charge is -2.02. The van der Waals surface area contributed by atoms with Crippen molar-refractivity contribution >= 4 is 29.3 Å². The molecule has 1 N–H and O–H groups in total. The van der Waals surface area contributed by atoms with E-state index >= 15 is 0 Å². The Labute approximate surface area is 144 Å². The molecule has 2 aromatic carbocycles. The molecule has 0 fully saturated rings. The minimum Gasteiger partial charge on any atom is -0.298 e. The van der Waals surface area contributed by atoms with Crippen LogP contribution in [0.3, 0.4) is 0 Å². The summed E-state index contributed by atoms with van der Waals surface area (Å²) in [5.41, 5.74) is 2.96. The standard InChI is InChI=1S/C19H16N2O2S/c22-19(21-17-8-2-1-3-9-17)23-20-12-11-15-6-4-7-16(14-15)18-10-5-13-24-18/h1-10,12-14H,11H2,(H,21,22). The third kappa shape index (κ3) is 4.54. The van der Waals surface area contributed by atoms with Gasteiger partial charge in [0, 0.05) is 23.2 Å². The fourth-order valence-corrected chi connectivity index (χ4v) is 2.91. The van der Waals surface area contributed by atoms with Crippen molar-refractivity contribution in [2.75, 3.05) is 5.32 Å². The number of nitrogens with one attached hydrogen (secondary N) is 1. The molecule has 0 radical (unpaired) electrons. The first-order valence-electron chi connectivity index (χ1n) is 7.49. The van der Waals surface area contributed by atoms with E-state index in [-0.39, 0.29) is 0 Å². The lowest BCUT2D eigenvalue weighted by Crippen LogP contribution is -2.10. The lowest BCUT2D eigenvalue weighted by atomic mass is 10.1. The molecular weight excluding hydrogens is 320 g/mol. The molecule has 4 nitrogen and oxygen atoms in total. The average molecular weight is 336 g/mol. The summed E-state index contributed by atoms with van der Waals surface area (Å²) in [6, 6.07) is 21.5. The number of hydrogen-bond acceptors (Lipinski definition) is 4. The van der Waals surface area contributed by atoms with Crippen molar-refractivity contribution in [3.05, 3.63) is 77.7 Å². The number of oxime groups is 1. The molecule has 0 spiro atoms. The molecule has 5 heteroatoms. The largest absolute Gasteiger partial charge is 0.437 e. The molecule has 1 amide bonds. The minimum absolute atomic E-state index is 0.595. The van der Waals surface area contributed by atoms with Crippen LogP contribution >= 0.6 is 11.3 Å². The molecular formula is C19H16N2O2S. The van der Waals surface area contributed by atoms with Gasteiger partial charge in [-0.2, -0.15) is 0 Å². The molecule has 0 bridgehead atoms. The van der Waals surface area contributed by atoms with Crippen molar-refractivity contribution in [2.45, 2.75) is 6.42 Å². The van der Waals surface area contributed by atoms with Gasteiger partial charge in [-0.1, -0.05) is 47.6 Å². The van der Waals surface area contributed by atoms with E-state index in [1.807, 2.05) is 36.4 Å². The van der Waals surface area contributed by atoms with E-state index in [0.29, 0.717) is 12.1 Å². The molecule has 0 aliphatic rings. The molecule has 0 saturated carbocycles. The summed E-state index contributed by atoms with van der Waals surface area (Å²) in [5, 5.41) is 8.37. The Hall–Kier alpha value is -2.92. The molecule has 120 valence electrons. The third-order valence-corrected chi connectivity index (χ3v) is 4.21. The van der Waals surface area contributed by atoms with Crippen LogP contribution in [0.1, 0.15) is 5.56 Å². The Morgan fingerprint density at radius 3 is 2.75 bits per heavy atom. The Kier molecular flexibility index (Phi) is 5.37. The predicted octanol–water partition coefficient (Wildman–Crippen LogP) is 5.19. The van der Waals surface area contributed by atoms with Crippen LogP contribution in [0.2, 0.25) is 0 Å². The van der Waals surface area contributed by atoms with Gasteiger partial charge in [-0.15, -0.1) is 11.3 Å². The monoisotopic (exact) mass is 336 g/mol. The van der Waals surface area contributed by atoms with Crippen LogP contribution in [0.4, 0.5) is 10.5 Å². The highest BCUT2D eigenvalue weighted by Crippen LogP contribution is 2.25. The topological polar surface area (TPSA) is 50.7 Å². The molecule has 0 aliphatic carbocycles. The lowest BCUT2D eigenvalue weighted by molar-refractivity contribution is 0.167. The number of carbonyl (C=O) groups is 1. The van der Waals surface area contributed by atoms with Crippen molar-refractivity contribution in [3.8, 4) is 10.4 Å². The highest BCUT2D eigenvalue weighted by molar-refractivity contribution is 7.13. The summed E-state index contributed by atoms with van der Waals surface area (Å²) < 4.78 is 0. The third-order valence-electron chi connectivity index (χ3n) is 3.29. The maximum atomic E-state index is 11.6. The number of para-hydroxylation sites is 1. The molecule has 24 heavy (non-hydrogen) atoms. The summed E-state index contributed by atoms with van der Waals surface area (Å²) in [6.07, 6.45) is 1.57. The van der Waals surface area contributed by atoms with Crippen LogP contribution in [0.25, 0.3) is 10.4 Å². The van der Waals surface area contributed by atoms with Crippen LogP contribution in [0.5, 0.6) is 0 Å². The maximum Gasteiger partial charge on any atom is 0.437 e. The SMILES string of the molecule is O=C(Nc1ccccc1)ON=CCc1cccc(-c2cccs2)c1. The Morgan fingerprint density at radius 1 is 1.08 bits per heavy atom. The molecule has 0 aliphatic heterocycles. The predicted molar refractivity (Wildman–Crippen MR) is 98.5 cm³/mol. The zero-order valence-electron chi connectivity index (χ0n) is 12.9. The normalized spacial score (nSPS) is 10.7. The molecule has 3 rings (SSSR count). The van der Waals surface area contributed by atoms with Crippen LogP contribution in [0.15, 0.2) is 77.3 Å². The second-order valence-corrected chi connectivity index (χ2v) is 5.99. The van der Waals surface area contributed by atoms with E-state index in [9.17, 15) is 4.79 Å². The van der Waals surface area contributed by atoms with Crippen LogP contribution in [-0.4, -0.2) is 12.3 Å². The smallest absolute Gasteiger partial charge is 0.298 e. The molecule has 1 heterocycles.